The van der Waals surface area contributed by atoms with E-state index in [0.717, 1.165) is 43.3 Å². The van der Waals surface area contributed by atoms with Gasteiger partial charge in [-0.05, 0) is 86.1 Å². The molecular formula is C25H31N3O2. The van der Waals surface area contributed by atoms with E-state index in [4.69, 9.17) is 0 Å². The first kappa shape index (κ1) is 20.6. The van der Waals surface area contributed by atoms with Gasteiger partial charge in [0.15, 0.2) is 0 Å². The monoisotopic (exact) mass is 405 g/mol. The van der Waals surface area contributed by atoms with E-state index in [1.54, 1.807) is 24.3 Å². The lowest BCUT2D eigenvalue weighted by Crippen LogP contribution is -2.32. The summed E-state index contributed by atoms with van der Waals surface area (Å²) in [5.74, 6) is 1.37. The average Bonchev–Trinajstić information content (AvgIpc) is 3.48. The van der Waals surface area contributed by atoms with E-state index in [1.165, 1.54) is 18.4 Å². The Morgan fingerprint density at radius 3 is 2.07 bits per heavy atom. The molecule has 2 unspecified atom stereocenters. The Bertz CT molecular complexity index is 884. The number of carbonyl (C=O) groups excluding carboxylic acids is 2. The minimum atomic E-state index is -0.151. The number of likely N-dealkylation sites (tertiary alicyclic amines) is 1. The molecule has 5 nitrogen and oxygen atoms in total. The predicted molar refractivity (Wildman–Crippen MR) is 120 cm³/mol. The van der Waals surface area contributed by atoms with E-state index >= 15 is 0 Å². The van der Waals surface area contributed by atoms with Gasteiger partial charge in [0.05, 0.1) is 0 Å². The van der Waals surface area contributed by atoms with E-state index < -0.39 is 0 Å². The quantitative estimate of drug-likeness (QED) is 0.728. The zero-order valence-electron chi connectivity index (χ0n) is 17.9. The van der Waals surface area contributed by atoms with Crippen LogP contribution in [0.15, 0.2) is 48.5 Å². The van der Waals surface area contributed by atoms with Gasteiger partial charge in [-0.3, -0.25) is 14.5 Å². The average molecular weight is 406 g/mol. The van der Waals surface area contributed by atoms with Gasteiger partial charge >= 0.3 is 0 Å². The van der Waals surface area contributed by atoms with E-state index in [9.17, 15) is 9.59 Å². The summed E-state index contributed by atoms with van der Waals surface area (Å²) in [6, 6.07) is 15.2. The van der Waals surface area contributed by atoms with Gasteiger partial charge in [0.2, 0.25) is 5.91 Å². The number of benzene rings is 2. The number of amides is 2. The third-order valence-electron chi connectivity index (χ3n) is 6.36. The number of piperidine rings is 1. The van der Waals surface area contributed by atoms with Crippen LogP contribution in [0, 0.1) is 17.8 Å². The van der Waals surface area contributed by atoms with Gasteiger partial charge in [-0.2, -0.15) is 0 Å². The highest BCUT2D eigenvalue weighted by atomic mass is 16.2. The Kier molecular flexibility index (Phi) is 6.18. The maximum absolute atomic E-state index is 12.5. The zero-order valence-corrected chi connectivity index (χ0v) is 17.9. The van der Waals surface area contributed by atoms with Crippen LogP contribution in [0.25, 0.3) is 0 Å². The number of nitrogens with one attached hydrogen (secondary N) is 2. The minimum absolute atomic E-state index is 0.0684. The molecule has 0 radical (unpaired) electrons. The molecular weight excluding hydrogens is 374 g/mol. The lowest BCUT2D eigenvalue weighted by molar-refractivity contribution is -0.117. The molecule has 0 bridgehead atoms. The van der Waals surface area contributed by atoms with E-state index in [0.29, 0.717) is 11.5 Å². The van der Waals surface area contributed by atoms with Crippen molar-refractivity contribution in [3.63, 3.8) is 0 Å². The molecule has 30 heavy (non-hydrogen) atoms. The molecule has 1 saturated heterocycles. The van der Waals surface area contributed by atoms with Gasteiger partial charge in [0.25, 0.3) is 5.91 Å². The summed E-state index contributed by atoms with van der Waals surface area (Å²) in [5, 5.41) is 5.87. The fourth-order valence-corrected chi connectivity index (χ4v) is 4.00. The van der Waals surface area contributed by atoms with Gasteiger partial charge in [-0.15, -0.1) is 0 Å². The third-order valence-corrected chi connectivity index (χ3v) is 6.36. The van der Waals surface area contributed by atoms with Crippen LogP contribution in [0.1, 0.15) is 49.0 Å². The lowest BCUT2D eigenvalue weighted by Gasteiger charge is -2.30. The Hall–Kier alpha value is -2.66. The lowest BCUT2D eigenvalue weighted by atomic mass is 9.99. The second kappa shape index (κ2) is 9.00. The second-order valence-corrected chi connectivity index (χ2v) is 9.00. The molecule has 158 valence electrons. The topological polar surface area (TPSA) is 61.4 Å². The van der Waals surface area contributed by atoms with Gasteiger partial charge in [-0.1, -0.05) is 26.0 Å². The van der Waals surface area contributed by atoms with E-state index in [2.05, 4.69) is 41.5 Å². The maximum Gasteiger partial charge on any atom is 0.255 e. The summed E-state index contributed by atoms with van der Waals surface area (Å²) in [5.41, 5.74) is 3.36. The summed E-state index contributed by atoms with van der Waals surface area (Å²) in [7, 11) is 0. The van der Waals surface area contributed by atoms with Crippen LogP contribution < -0.4 is 10.6 Å². The highest BCUT2D eigenvalue weighted by Crippen LogP contribution is 2.38. The smallest absolute Gasteiger partial charge is 0.255 e. The minimum Gasteiger partial charge on any atom is -0.326 e. The van der Waals surface area contributed by atoms with Crippen LogP contribution in [0.4, 0.5) is 11.4 Å². The largest absolute Gasteiger partial charge is 0.326 e. The van der Waals surface area contributed by atoms with Crippen LogP contribution in [-0.2, 0) is 11.3 Å². The molecule has 2 aliphatic rings. The van der Waals surface area contributed by atoms with Gasteiger partial charge in [-0.25, -0.2) is 0 Å². The molecule has 0 spiro atoms. The highest BCUT2D eigenvalue weighted by Gasteiger charge is 2.39. The van der Waals surface area contributed by atoms with Crippen molar-refractivity contribution in [3.05, 3.63) is 59.7 Å². The first-order chi connectivity index (χ1) is 14.5. The Labute approximate surface area is 178 Å². The second-order valence-electron chi connectivity index (χ2n) is 9.00. The fourth-order valence-electron chi connectivity index (χ4n) is 4.00. The van der Waals surface area contributed by atoms with Gasteiger partial charge < -0.3 is 10.6 Å². The number of carbonyl (C=O) groups is 2. The zero-order chi connectivity index (χ0) is 21.1. The summed E-state index contributed by atoms with van der Waals surface area (Å²) in [6.45, 7) is 7.70. The van der Waals surface area contributed by atoms with Crippen LogP contribution in [0.5, 0.6) is 0 Å². The molecule has 2 aromatic rings. The van der Waals surface area contributed by atoms with Crippen molar-refractivity contribution >= 4 is 23.2 Å². The Balaban J connectivity index is 1.28. The number of nitrogens with zero attached hydrogens (tertiary/aromatic N) is 1. The van der Waals surface area contributed by atoms with Crippen LogP contribution in [0.3, 0.4) is 0 Å². The first-order valence-electron chi connectivity index (χ1n) is 11.0. The van der Waals surface area contributed by atoms with Crippen LogP contribution in [-0.4, -0.2) is 29.8 Å². The van der Waals surface area contributed by atoms with Crippen molar-refractivity contribution in [3.8, 4) is 0 Å². The molecule has 1 aliphatic carbocycles. The molecule has 2 fully saturated rings. The van der Waals surface area contributed by atoms with Crippen LogP contribution in [0.2, 0.25) is 0 Å². The molecule has 1 heterocycles. The highest BCUT2D eigenvalue weighted by molar-refractivity contribution is 6.04. The molecule has 1 saturated carbocycles. The Morgan fingerprint density at radius 2 is 1.47 bits per heavy atom. The number of hydrogen-bond donors (Lipinski definition) is 2. The van der Waals surface area contributed by atoms with Gasteiger partial charge in [0.1, 0.15) is 0 Å². The SMILES string of the molecule is CC1CCN(Cc2ccc(NC(=O)c3ccc(NC(=O)C4CC4C)cc3)cc2)CC1. The van der Waals surface area contributed by atoms with Crippen molar-refractivity contribution < 1.29 is 9.59 Å². The summed E-state index contributed by atoms with van der Waals surface area (Å²) >= 11 is 0. The molecule has 2 aromatic carbocycles. The first-order valence-corrected chi connectivity index (χ1v) is 11.0. The normalized spacial score (nSPS) is 21.8. The number of anilines is 2. The summed E-state index contributed by atoms with van der Waals surface area (Å²) in [4.78, 5) is 27.1. The van der Waals surface area contributed by atoms with Crippen molar-refractivity contribution in [2.75, 3.05) is 23.7 Å². The molecule has 1 aliphatic heterocycles. The predicted octanol–water partition coefficient (Wildman–Crippen LogP) is 4.77. The summed E-state index contributed by atoms with van der Waals surface area (Å²) in [6.07, 6.45) is 3.51. The number of rotatable bonds is 6. The van der Waals surface area contributed by atoms with Gasteiger partial charge in [0, 0.05) is 29.4 Å². The Morgan fingerprint density at radius 1 is 0.900 bits per heavy atom. The van der Waals surface area contributed by atoms with Crippen LogP contribution >= 0.6 is 0 Å². The molecule has 2 atom stereocenters. The van der Waals surface area contributed by atoms with Crippen molar-refractivity contribution in [2.24, 2.45) is 17.8 Å². The fraction of sp³-hybridized carbons (Fsp3) is 0.440. The molecule has 5 heteroatoms. The molecule has 2 N–H and O–H groups in total. The van der Waals surface area contributed by atoms with Crippen molar-refractivity contribution in [1.29, 1.82) is 0 Å². The molecule has 4 rings (SSSR count). The summed E-state index contributed by atoms with van der Waals surface area (Å²) < 4.78 is 0. The number of hydrogen-bond acceptors (Lipinski definition) is 3. The maximum atomic E-state index is 12.5. The van der Waals surface area contributed by atoms with Crippen molar-refractivity contribution in [2.45, 2.75) is 39.7 Å². The van der Waals surface area contributed by atoms with Crippen molar-refractivity contribution in [1.82, 2.24) is 4.90 Å². The van der Waals surface area contributed by atoms with E-state index in [-0.39, 0.29) is 17.7 Å². The standard InChI is InChI=1S/C25H31N3O2/c1-17-11-13-28(14-12-17)16-19-3-7-21(8-4-19)26-24(29)20-5-9-22(10-6-20)27-25(30)23-15-18(23)2/h3-10,17-18,23H,11-16H2,1-2H3,(H,26,29)(H,27,30). The molecule has 0 aromatic heterocycles. The third kappa shape index (κ3) is 5.28. The van der Waals surface area contributed by atoms with E-state index in [1.807, 2.05) is 12.1 Å². The molecule has 2 amide bonds.